The van der Waals surface area contributed by atoms with E-state index in [1.165, 1.54) is 24.3 Å². The maximum Gasteiger partial charge on any atom is 0.261 e. The molecule has 0 radical (unpaired) electrons. The highest BCUT2D eigenvalue weighted by molar-refractivity contribution is 7.92. The molecule has 1 aliphatic rings. The van der Waals surface area contributed by atoms with E-state index in [4.69, 9.17) is 0 Å². The van der Waals surface area contributed by atoms with Gasteiger partial charge in [-0.2, -0.15) is 0 Å². The normalized spacial score (nSPS) is 14.8. The second kappa shape index (κ2) is 6.40. The molecule has 1 saturated heterocycles. The molecule has 0 spiro atoms. The summed E-state index contributed by atoms with van der Waals surface area (Å²) >= 11 is 0. The van der Waals surface area contributed by atoms with Crippen molar-refractivity contribution in [2.75, 3.05) is 16.2 Å². The number of sulfonamides is 1. The number of hydrogen-bond acceptors (Lipinski definition) is 3. The zero-order chi connectivity index (χ0) is 18.2. The van der Waals surface area contributed by atoms with Crippen LogP contribution in [0, 0.1) is 17.5 Å². The molecule has 1 fully saturated rings. The fourth-order valence-corrected chi connectivity index (χ4v) is 3.59. The van der Waals surface area contributed by atoms with Gasteiger partial charge < -0.3 is 4.90 Å². The van der Waals surface area contributed by atoms with Gasteiger partial charge in [0.05, 0.1) is 10.6 Å². The molecule has 2 aromatic carbocycles. The molecule has 0 saturated carbocycles. The Morgan fingerprint density at radius 3 is 2.24 bits per heavy atom. The minimum atomic E-state index is -4.20. The smallest absolute Gasteiger partial charge is 0.261 e. The van der Waals surface area contributed by atoms with Gasteiger partial charge in [0.25, 0.3) is 10.0 Å². The minimum absolute atomic E-state index is 0.0439. The number of nitrogens with zero attached hydrogens (tertiary/aromatic N) is 1. The first kappa shape index (κ1) is 17.3. The van der Waals surface area contributed by atoms with E-state index in [2.05, 4.69) is 0 Å². The molecule has 132 valence electrons. The Kier molecular flexibility index (Phi) is 4.42. The quantitative estimate of drug-likeness (QED) is 0.842. The first-order chi connectivity index (χ1) is 11.8. The van der Waals surface area contributed by atoms with Gasteiger partial charge in [0.15, 0.2) is 17.5 Å². The molecular formula is C16H13F3N2O3S. The maximum atomic E-state index is 13.6. The number of rotatable bonds is 4. The van der Waals surface area contributed by atoms with E-state index in [0.717, 1.165) is 12.5 Å². The molecule has 1 heterocycles. The van der Waals surface area contributed by atoms with Crippen molar-refractivity contribution in [3.63, 3.8) is 0 Å². The summed E-state index contributed by atoms with van der Waals surface area (Å²) in [4.78, 5) is 13.0. The summed E-state index contributed by atoms with van der Waals surface area (Å²) in [5.74, 6) is -4.84. The molecule has 1 amide bonds. The molecule has 1 N–H and O–H groups in total. The lowest BCUT2D eigenvalue weighted by Crippen LogP contribution is -2.23. The van der Waals surface area contributed by atoms with Crippen LogP contribution in [0.4, 0.5) is 24.5 Å². The molecule has 0 bridgehead atoms. The van der Waals surface area contributed by atoms with Crippen molar-refractivity contribution in [3.05, 3.63) is 53.8 Å². The van der Waals surface area contributed by atoms with Crippen LogP contribution >= 0.6 is 0 Å². The predicted octanol–water partition coefficient (Wildman–Crippen LogP) is 3.03. The molecule has 25 heavy (non-hydrogen) atoms. The third-order valence-electron chi connectivity index (χ3n) is 3.81. The van der Waals surface area contributed by atoms with Gasteiger partial charge in [-0.05, 0) is 42.8 Å². The first-order valence-electron chi connectivity index (χ1n) is 7.36. The molecule has 0 unspecified atom stereocenters. The first-order valence-corrected chi connectivity index (χ1v) is 8.84. The number of anilines is 2. The van der Waals surface area contributed by atoms with Crippen LogP contribution in [-0.4, -0.2) is 20.9 Å². The zero-order valence-electron chi connectivity index (χ0n) is 12.8. The Labute approximate surface area is 142 Å². The maximum absolute atomic E-state index is 13.6. The highest BCUT2D eigenvalue weighted by Gasteiger charge is 2.23. The Hall–Kier alpha value is -2.55. The van der Waals surface area contributed by atoms with Crippen LogP contribution < -0.4 is 9.62 Å². The number of carbonyl (C=O) groups is 1. The molecule has 1 aliphatic heterocycles. The van der Waals surface area contributed by atoms with E-state index in [1.807, 2.05) is 4.72 Å². The lowest BCUT2D eigenvalue weighted by molar-refractivity contribution is -0.117. The van der Waals surface area contributed by atoms with Crippen LogP contribution in [0.5, 0.6) is 0 Å². The molecule has 9 heteroatoms. The highest BCUT2D eigenvalue weighted by atomic mass is 32.2. The van der Waals surface area contributed by atoms with Gasteiger partial charge in [-0.15, -0.1) is 0 Å². The average Bonchev–Trinajstić information content (AvgIpc) is 3.01. The Morgan fingerprint density at radius 1 is 0.960 bits per heavy atom. The van der Waals surface area contributed by atoms with Crippen LogP contribution in [0.3, 0.4) is 0 Å². The summed E-state index contributed by atoms with van der Waals surface area (Å²) in [6, 6.07) is 6.84. The highest BCUT2D eigenvalue weighted by Crippen LogP contribution is 2.25. The monoisotopic (exact) mass is 370 g/mol. The van der Waals surface area contributed by atoms with E-state index < -0.39 is 33.2 Å². The van der Waals surface area contributed by atoms with E-state index in [0.29, 0.717) is 24.7 Å². The van der Waals surface area contributed by atoms with Crippen molar-refractivity contribution in [1.82, 2.24) is 0 Å². The number of halogens is 3. The summed E-state index contributed by atoms with van der Waals surface area (Å²) in [5, 5.41) is 0. The number of carbonyl (C=O) groups excluding carboxylic acids is 1. The van der Waals surface area contributed by atoms with Crippen molar-refractivity contribution in [2.24, 2.45) is 0 Å². The molecule has 3 rings (SSSR count). The second-order valence-electron chi connectivity index (χ2n) is 5.47. The molecule has 0 aromatic heterocycles. The zero-order valence-corrected chi connectivity index (χ0v) is 13.6. The van der Waals surface area contributed by atoms with Crippen LogP contribution in [0.2, 0.25) is 0 Å². The number of nitrogens with one attached hydrogen (secondary N) is 1. The summed E-state index contributed by atoms with van der Waals surface area (Å²) < 4.78 is 66.2. The Balaban J connectivity index is 1.85. The van der Waals surface area contributed by atoms with E-state index in [-0.39, 0.29) is 10.8 Å². The van der Waals surface area contributed by atoms with Gasteiger partial charge in [0, 0.05) is 18.7 Å². The summed E-state index contributed by atoms with van der Waals surface area (Å²) in [6.07, 6.45) is 1.17. The minimum Gasteiger partial charge on any atom is -0.312 e. The van der Waals surface area contributed by atoms with Crippen LogP contribution in [0.1, 0.15) is 12.8 Å². The topological polar surface area (TPSA) is 66.5 Å². The van der Waals surface area contributed by atoms with Crippen LogP contribution in [0.25, 0.3) is 0 Å². The summed E-state index contributed by atoms with van der Waals surface area (Å²) in [6.45, 7) is 0.559. The van der Waals surface area contributed by atoms with E-state index in [1.54, 1.807) is 4.90 Å². The van der Waals surface area contributed by atoms with Crippen LogP contribution in [0.15, 0.2) is 41.3 Å². The lowest BCUT2D eigenvalue weighted by Gasteiger charge is -2.16. The molecular weight excluding hydrogens is 357 g/mol. The molecule has 2 aromatic rings. The third kappa shape index (κ3) is 3.32. The van der Waals surface area contributed by atoms with Gasteiger partial charge in [0.2, 0.25) is 5.91 Å². The van der Waals surface area contributed by atoms with E-state index in [9.17, 15) is 26.4 Å². The van der Waals surface area contributed by atoms with Gasteiger partial charge in [-0.3, -0.25) is 9.52 Å². The second-order valence-corrected chi connectivity index (χ2v) is 7.15. The average molecular weight is 370 g/mol. The fraction of sp³-hybridized carbons (Fsp3) is 0.188. The molecule has 0 aliphatic carbocycles. The van der Waals surface area contributed by atoms with Gasteiger partial charge >= 0.3 is 0 Å². The van der Waals surface area contributed by atoms with E-state index >= 15 is 0 Å². The number of amides is 1. The standard InChI is InChI=1S/C16H13F3N2O3S/c17-12-7-8-13(16(19)15(12)18)20-25(23,24)11-5-3-10(4-6-11)21-9-1-2-14(21)22/h3-8,20H,1-2,9H2. The van der Waals surface area contributed by atoms with Crippen molar-refractivity contribution in [2.45, 2.75) is 17.7 Å². The lowest BCUT2D eigenvalue weighted by atomic mass is 10.3. The number of hydrogen-bond donors (Lipinski definition) is 1. The molecule has 5 nitrogen and oxygen atoms in total. The summed E-state index contributed by atoms with van der Waals surface area (Å²) in [7, 11) is -4.20. The molecule has 0 atom stereocenters. The fourth-order valence-electron chi connectivity index (χ4n) is 2.53. The van der Waals surface area contributed by atoms with Gasteiger partial charge in [0.1, 0.15) is 0 Å². The van der Waals surface area contributed by atoms with Crippen molar-refractivity contribution < 1.29 is 26.4 Å². The SMILES string of the molecule is O=C1CCCN1c1ccc(S(=O)(=O)Nc2ccc(F)c(F)c2F)cc1. The summed E-state index contributed by atoms with van der Waals surface area (Å²) in [5.41, 5.74) is -0.141. The predicted molar refractivity (Wildman–Crippen MR) is 85.2 cm³/mol. The Morgan fingerprint density at radius 2 is 1.64 bits per heavy atom. The number of benzene rings is 2. The van der Waals surface area contributed by atoms with Crippen molar-refractivity contribution >= 4 is 27.3 Å². The van der Waals surface area contributed by atoms with Crippen molar-refractivity contribution in [3.8, 4) is 0 Å². The Bertz CT molecular complexity index is 930. The van der Waals surface area contributed by atoms with Gasteiger partial charge in [-0.1, -0.05) is 0 Å². The third-order valence-corrected chi connectivity index (χ3v) is 5.19. The van der Waals surface area contributed by atoms with Crippen molar-refractivity contribution in [1.29, 1.82) is 0 Å². The van der Waals surface area contributed by atoms with Crippen LogP contribution in [-0.2, 0) is 14.8 Å². The largest absolute Gasteiger partial charge is 0.312 e. The van der Waals surface area contributed by atoms with Gasteiger partial charge in [-0.25, -0.2) is 21.6 Å².